The van der Waals surface area contributed by atoms with Crippen molar-refractivity contribution in [1.29, 1.82) is 0 Å². The molecule has 1 aromatic rings. The molecule has 0 radical (unpaired) electrons. The van der Waals surface area contributed by atoms with Crippen LogP contribution in [0.3, 0.4) is 0 Å². The number of amides is 1. The largest absolute Gasteiger partial charge is 0.398 e. The van der Waals surface area contributed by atoms with E-state index in [1.807, 2.05) is 4.90 Å². The molecule has 21 heavy (non-hydrogen) atoms. The molecule has 2 fully saturated rings. The lowest BCUT2D eigenvalue weighted by atomic mass is 10.1. The van der Waals surface area contributed by atoms with Gasteiger partial charge >= 0.3 is 0 Å². The minimum Gasteiger partial charge on any atom is -0.398 e. The molecule has 3 rings (SSSR count). The highest BCUT2D eigenvalue weighted by Crippen LogP contribution is 2.30. The molecule has 6 heteroatoms. The zero-order chi connectivity index (χ0) is 15.0. The van der Waals surface area contributed by atoms with Crippen LogP contribution >= 0.6 is 0 Å². The molecule has 0 aliphatic carbocycles. The molecule has 0 spiro atoms. The number of likely N-dealkylation sites (tertiary alicyclic amines) is 1. The average molecular weight is 292 g/mol. The summed E-state index contributed by atoms with van der Waals surface area (Å²) in [5, 5.41) is 0. The Morgan fingerprint density at radius 1 is 1.24 bits per heavy atom. The van der Waals surface area contributed by atoms with E-state index in [0.29, 0.717) is 11.7 Å². The number of nitrogens with zero attached hydrogens (tertiary/aromatic N) is 2. The maximum atomic E-state index is 14.2. The standard InChI is InChI=1S/C15H21FN4O/c16-12-8-13(17)11(15(18)21)7-14(12)20-6-3-10(9-20)19-4-1-2-5-19/h7-8,10H,1-6,9,17H2,(H2,18,21). The summed E-state index contributed by atoms with van der Waals surface area (Å²) in [5.41, 5.74) is 11.7. The van der Waals surface area contributed by atoms with Crippen LogP contribution < -0.4 is 16.4 Å². The predicted molar refractivity (Wildman–Crippen MR) is 80.8 cm³/mol. The number of rotatable bonds is 3. The van der Waals surface area contributed by atoms with Gasteiger partial charge in [-0.25, -0.2) is 4.39 Å². The molecule has 2 saturated heterocycles. The number of carbonyl (C=O) groups excluding carboxylic acids is 1. The average Bonchev–Trinajstić information content (AvgIpc) is 3.09. The molecular formula is C15H21FN4O. The molecule has 1 aromatic carbocycles. The van der Waals surface area contributed by atoms with Crippen molar-refractivity contribution in [2.75, 3.05) is 36.8 Å². The lowest BCUT2D eigenvalue weighted by molar-refractivity contribution is 0.100. The van der Waals surface area contributed by atoms with Crippen molar-refractivity contribution in [1.82, 2.24) is 4.90 Å². The lowest BCUT2D eigenvalue weighted by Gasteiger charge is -2.25. The quantitative estimate of drug-likeness (QED) is 0.820. The van der Waals surface area contributed by atoms with Crippen LogP contribution in [0.15, 0.2) is 12.1 Å². The van der Waals surface area contributed by atoms with Crippen molar-refractivity contribution in [2.45, 2.75) is 25.3 Å². The Balaban J connectivity index is 1.81. The number of hydrogen-bond donors (Lipinski definition) is 2. The third-order valence-corrected chi connectivity index (χ3v) is 4.55. The van der Waals surface area contributed by atoms with Gasteiger partial charge in [-0.3, -0.25) is 9.69 Å². The van der Waals surface area contributed by atoms with Gasteiger partial charge in [0.15, 0.2) is 0 Å². The van der Waals surface area contributed by atoms with Gasteiger partial charge < -0.3 is 16.4 Å². The first-order valence-electron chi connectivity index (χ1n) is 7.44. The van der Waals surface area contributed by atoms with Crippen LogP contribution in [0.2, 0.25) is 0 Å². The van der Waals surface area contributed by atoms with E-state index in [1.54, 1.807) is 0 Å². The first-order valence-corrected chi connectivity index (χ1v) is 7.44. The molecule has 2 heterocycles. The number of nitrogens with two attached hydrogens (primary N) is 2. The number of halogens is 1. The molecule has 5 nitrogen and oxygen atoms in total. The highest BCUT2D eigenvalue weighted by molar-refractivity contribution is 5.99. The third kappa shape index (κ3) is 2.68. The third-order valence-electron chi connectivity index (χ3n) is 4.55. The number of anilines is 2. The normalized spacial score (nSPS) is 22.9. The molecule has 1 amide bonds. The Labute approximate surface area is 123 Å². The molecule has 2 aliphatic heterocycles. The van der Waals surface area contributed by atoms with Gasteiger partial charge in [-0.05, 0) is 44.5 Å². The zero-order valence-electron chi connectivity index (χ0n) is 12.0. The maximum Gasteiger partial charge on any atom is 0.250 e. The van der Waals surface area contributed by atoms with Gasteiger partial charge in [0, 0.05) is 24.8 Å². The summed E-state index contributed by atoms with van der Waals surface area (Å²) in [5.74, 6) is -1.01. The SMILES string of the molecule is NC(=O)c1cc(N2CCC(N3CCCC3)C2)c(F)cc1N. The monoisotopic (exact) mass is 292 g/mol. The van der Waals surface area contributed by atoms with E-state index >= 15 is 0 Å². The van der Waals surface area contributed by atoms with Crippen molar-refractivity contribution >= 4 is 17.3 Å². The minimum absolute atomic E-state index is 0.0963. The van der Waals surface area contributed by atoms with Crippen LogP contribution in [0.25, 0.3) is 0 Å². The summed E-state index contributed by atoms with van der Waals surface area (Å²) in [7, 11) is 0. The molecule has 2 aliphatic rings. The van der Waals surface area contributed by atoms with E-state index in [2.05, 4.69) is 4.90 Å². The van der Waals surface area contributed by atoms with Crippen molar-refractivity contribution < 1.29 is 9.18 Å². The van der Waals surface area contributed by atoms with Crippen molar-refractivity contribution in [3.05, 3.63) is 23.5 Å². The lowest BCUT2D eigenvalue weighted by Crippen LogP contribution is -2.35. The summed E-state index contributed by atoms with van der Waals surface area (Å²) in [4.78, 5) is 15.8. The van der Waals surface area contributed by atoms with E-state index in [1.165, 1.54) is 25.0 Å². The molecule has 0 saturated carbocycles. The van der Waals surface area contributed by atoms with Gasteiger partial charge in [-0.1, -0.05) is 0 Å². The summed E-state index contributed by atoms with van der Waals surface area (Å²) in [6, 6.07) is 3.15. The van der Waals surface area contributed by atoms with Crippen LogP contribution in [0.1, 0.15) is 29.6 Å². The van der Waals surface area contributed by atoms with Crippen molar-refractivity contribution in [3.8, 4) is 0 Å². The number of primary amides is 1. The molecular weight excluding hydrogens is 271 g/mol. The summed E-state index contributed by atoms with van der Waals surface area (Å²) < 4.78 is 14.2. The van der Waals surface area contributed by atoms with Gasteiger partial charge in [-0.2, -0.15) is 0 Å². The van der Waals surface area contributed by atoms with E-state index in [-0.39, 0.29) is 17.1 Å². The number of nitrogen functional groups attached to an aromatic ring is 1. The highest BCUT2D eigenvalue weighted by atomic mass is 19.1. The van der Waals surface area contributed by atoms with Gasteiger partial charge in [0.25, 0.3) is 5.91 Å². The van der Waals surface area contributed by atoms with Crippen molar-refractivity contribution in [3.63, 3.8) is 0 Å². The van der Waals surface area contributed by atoms with Crippen LogP contribution in [0.5, 0.6) is 0 Å². The van der Waals surface area contributed by atoms with Gasteiger partial charge in [0.05, 0.1) is 11.3 Å². The van der Waals surface area contributed by atoms with E-state index < -0.39 is 5.91 Å². The van der Waals surface area contributed by atoms with E-state index in [4.69, 9.17) is 11.5 Å². The molecule has 1 atom stereocenters. The van der Waals surface area contributed by atoms with Crippen LogP contribution in [-0.2, 0) is 0 Å². The van der Waals surface area contributed by atoms with E-state index in [0.717, 1.165) is 32.6 Å². The second kappa shape index (κ2) is 5.52. The van der Waals surface area contributed by atoms with Crippen LogP contribution in [-0.4, -0.2) is 43.0 Å². The molecule has 4 N–H and O–H groups in total. The Hall–Kier alpha value is -1.82. The van der Waals surface area contributed by atoms with Crippen LogP contribution in [0.4, 0.5) is 15.8 Å². The van der Waals surface area contributed by atoms with Gasteiger partial charge in [0.2, 0.25) is 0 Å². The molecule has 114 valence electrons. The van der Waals surface area contributed by atoms with Gasteiger partial charge in [-0.15, -0.1) is 0 Å². The van der Waals surface area contributed by atoms with Crippen LogP contribution in [0, 0.1) is 5.82 Å². The smallest absolute Gasteiger partial charge is 0.250 e. The first kappa shape index (κ1) is 14.1. The number of hydrogen-bond acceptors (Lipinski definition) is 4. The highest BCUT2D eigenvalue weighted by Gasteiger charge is 2.30. The topological polar surface area (TPSA) is 75.6 Å². The fourth-order valence-electron chi connectivity index (χ4n) is 3.40. The fourth-order valence-corrected chi connectivity index (χ4v) is 3.40. The Kier molecular flexibility index (Phi) is 3.71. The Morgan fingerprint density at radius 3 is 2.62 bits per heavy atom. The Bertz CT molecular complexity index is 557. The molecule has 0 bridgehead atoms. The Morgan fingerprint density at radius 2 is 1.95 bits per heavy atom. The van der Waals surface area contributed by atoms with Crippen molar-refractivity contribution in [2.24, 2.45) is 5.73 Å². The summed E-state index contributed by atoms with van der Waals surface area (Å²) in [6.07, 6.45) is 3.52. The second-order valence-corrected chi connectivity index (χ2v) is 5.89. The van der Waals surface area contributed by atoms with Gasteiger partial charge in [0.1, 0.15) is 5.82 Å². The predicted octanol–water partition coefficient (Wildman–Crippen LogP) is 1.18. The fraction of sp³-hybridized carbons (Fsp3) is 0.533. The second-order valence-electron chi connectivity index (χ2n) is 5.89. The maximum absolute atomic E-state index is 14.2. The summed E-state index contributed by atoms with van der Waals surface area (Å²) >= 11 is 0. The zero-order valence-corrected chi connectivity index (χ0v) is 12.0. The first-order chi connectivity index (χ1) is 10.1. The minimum atomic E-state index is -0.621. The summed E-state index contributed by atoms with van der Waals surface area (Å²) in [6.45, 7) is 3.85. The van der Waals surface area contributed by atoms with E-state index in [9.17, 15) is 9.18 Å². The number of carbonyl (C=O) groups is 1. The number of benzene rings is 1. The molecule has 0 aromatic heterocycles. The molecule has 1 unspecified atom stereocenters.